The van der Waals surface area contributed by atoms with Gasteiger partial charge in [-0.3, -0.25) is 4.79 Å². The lowest BCUT2D eigenvalue weighted by molar-refractivity contribution is -0.122. The van der Waals surface area contributed by atoms with Crippen molar-refractivity contribution in [2.75, 3.05) is 6.61 Å². The summed E-state index contributed by atoms with van der Waals surface area (Å²) in [5, 5.41) is 16.7. The summed E-state index contributed by atoms with van der Waals surface area (Å²) < 4.78 is 4.12. The standard InChI is InChI=1S/C7H10O5/c1-4(3-12-7(10)11)6(9)5(2)8/h4,8H,2-3H2,1H3,(H,10,11). The molecule has 0 saturated heterocycles. The first-order valence-electron chi connectivity index (χ1n) is 3.23. The second-order valence-corrected chi connectivity index (χ2v) is 2.29. The molecule has 0 bridgehead atoms. The number of Topliss-reactive ketones (excluding diaryl/α,β-unsaturated/α-hetero) is 1. The van der Waals surface area contributed by atoms with Crippen LogP contribution in [0.15, 0.2) is 12.3 Å². The number of aliphatic hydroxyl groups excluding tert-OH is 1. The van der Waals surface area contributed by atoms with Crippen molar-refractivity contribution in [2.24, 2.45) is 5.92 Å². The molecule has 0 aliphatic carbocycles. The molecule has 0 heterocycles. The van der Waals surface area contributed by atoms with Crippen LogP contribution in [0, 0.1) is 5.92 Å². The van der Waals surface area contributed by atoms with Crippen LogP contribution < -0.4 is 0 Å². The molecule has 0 aromatic heterocycles. The van der Waals surface area contributed by atoms with Crippen LogP contribution >= 0.6 is 0 Å². The Balaban J connectivity index is 3.87. The molecule has 1 unspecified atom stereocenters. The molecule has 5 nitrogen and oxygen atoms in total. The van der Waals surface area contributed by atoms with E-state index in [1.54, 1.807) is 0 Å². The van der Waals surface area contributed by atoms with Gasteiger partial charge < -0.3 is 14.9 Å². The van der Waals surface area contributed by atoms with Gasteiger partial charge in [-0.2, -0.15) is 0 Å². The number of ether oxygens (including phenoxy) is 1. The molecule has 1 atom stereocenters. The number of hydrogen-bond donors (Lipinski definition) is 2. The lowest BCUT2D eigenvalue weighted by Gasteiger charge is -2.07. The zero-order valence-electron chi connectivity index (χ0n) is 6.61. The van der Waals surface area contributed by atoms with E-state index in [1.165, 1.54) is 6.92 Å². The van der Waals surface area contributed by atoms with E-state index >= 15 is 0 Å². The third kappa shape index (κ3) is 3.60. The first-order chi connectivity index (χ1) is 5.45. The third-order valence-electron chi connectivity index (χ3n) is 1.19. The highest BCUT2D eigenvalue weighted by Crippen LogP contribution is 2.02. The van der Waals surface area contributed by atoms with Gasteiger partial charge in [0.2, 0.25) is 5.78 Å². The van der Waals surface area contributed by atoms with E-state index in [9.17, 15) is 9.59 Å². The molecule has 0 fully saturated rings. The molecule has 0 saturated carbocycles. The molecular weight excluding hydrogens is 164 g/mol. The normalized spacial score (nSPS) is 11.8. The molecule has 0 radical (unpaired) electrons. The summed E-state index contributed by atoms with van der Waals surface area (Å²) in [5.74, 6) is -1.90. The number of carbonyl (C=O) groups is 2. The second kappa shape index (κ2) is 4.38. The molecular formula is C7H10O5. The number of aliphatic hydroxyl groups is 1. The molecule has 0 aromatic carbocycles. The number of allylic oxidation sites excluding steroid dienone is 1. The van der Waals surface area contributed by atoms with Crippen molar-refractivity contribution in [3.05, 3.63) is 12.3 Å². The van der Waals surface area contributed by atoms with Gasteiger partial charge in [0.1, 0.15) is 6.61 Å². The van der Waals surface area contributed by atoms with Crippen LogP contribution in [0.4, 0.5) is 4.79 Å². The Morgan fingerprint density at radius 3 is 2.33 bits per heavy atom. The summed E-state index contributed by atoms with van der Waals surface area (Å²) in [6.07, 6.45) is -1.45. The smallest absolute Gasteiger partial charge is 0.505 e. The molecule has 12 heavy (non-hydrogen) atoms. The maximum absolute atomic E-state index is 10.8. The van der Waals surface area contributed by atoms with Crippen molar-refractivity contribution >= 4 is 11.9 Å². The number of carboxylic acid groups (broad SMARTS) is 1. The molecule has 0 amide bonds. The van der Waals surface area contributed by atoms with E-state index in [0.717, 1.165) is 0 Å². The van der Waals surface area contributed by atoms with Crippen LogP contribution in [-0.2, 0) is 9.53 Å². The molecule has 0 aliphatic rings. The van der Waals surface area contributed by atoms with Gasteiger partial charge in [0.05, 0.1) is 5.92 Å². The minimum absolute atomic E-state index is 0.270. The first-order valence-corrected chi connectivity index (χ1v) is 3.23. The van der Waals surface area contributed by atoms with Gasteiger partial charge in [-0.1, -0.05) is 13.5 Å². The van der Waals surface area contributed by atoms with Crippen LogP contribution in [-0.4, -0.2) is 28.8 Å². The second-order valence-electron chi connectivity index (χ2n) is 2.29. The van der Waals surface area contributed by atoms with E-state index in [-0.39, 0.29) is 6.61 Å². The zero-order valence-corrected chi connectivity index (χ0v) is 6.61. The predicted octanol–water partition coefficient (Wildman–Crippen LogP) is 0.958. The first kappa shape index (κ1) is 10.5. The van der Waals surface area contributed by atoms with Crippen LogP contribution in [0.5, 0.6) is 0 Å². The number of ketones is 1. The van der Waals surface area contributed by atoms with Gasteiger partial charge in [-0.15, -0.1) is 0 Å². The Hall–Kier alpha value is -1.52. The highest BCUT2D eigenvalue weighted by molar-refractivity contribution is 5.94. The Kier molecular flexibility index (Phi) is 3.82. The van der Waals surface area contributed by atoms with E-state index in [4.69, 9.17) is 10.2 Å². The molecule has 0 rings (SSSR count). The average Bonchev–Trinajstić information content (AvgIpc) is 1.98. The molecule has 0 aliphatic heterocycles. The largest absolute Gasteiger partial charge is 0.505 e. The van der Waals surface area contributed by atoms with E-state index in [1.807, 2.05) is 0 Å². The SMILES string of the molecule is C=C(O)C(=O)C(C)COC(=O)O. The summed E-state index contributed by atoms with van der Waals surface area (Å²) in [6.45, 7) is 4.17. The van der Waals surface area contributed by atoms with Gasteiger partial charge in [-0.25, -0.2) is 4.79 Å². The summed E-state index contributed by atoms with van der Waals surface area (Å²) in [4.78, 5) is 20.7. The molecule has 0 aromatic rings. The monoisotopic (exact) mass is 174 g/mol. The van der Waals surface area contributed by atoms with Crippen molar-refractivity contribution in [3.63, 3.8) is 0 Å². The highest BCUT2D eigenvalue weighted by Gasteiger charge is 2.16. The Labute approximate surface area is 69.3 Å². The fraction of sp³-hybridized carbons (Fsp3) is 0.429. The maximum Gasteiger partial charge on any atom is 0.505 e. The van der Waals surface area contributed by atoms with Crippen LogP contribution in [0.3, 0.4) is 0 Å². The van der Waals surface area contributed by atoms with Gasteiger partial charge in [0.15, 0.2) is 5.76 Å². The van der Waals surface area contributed by atoms with E-state index < -0.39 is 23.6 Å². The topological polar surface area (TPSA) is 83.8 Å². The third-order valence-corrected chi connectivity index (χ3v) is 1.19. The fourth-order valence-corrected chi connectivity index (χ4v) is 0.556. The van der Waals surface area contributed by atoms with Crippen molar-refractivity contribution in [1.29, 1.82) is 0 Å². The minimum atomic E-state index is -1.45. The van der Waals surface area contributed by atoms with Crippen molar-refractivity contribution in [2.45, 2.75) is 6.92 Å². The Morgan fingerprint density at radius 2 is 2.00 bits per heavy atom. The average molecular weight is 174 g/mol. The van der Waals surface area contributed by atoms with Gasteiger partial charge in [0, 0.05) is 0 Å². The summed E-state index contributed by atoms with van der Waals surface area (Å²) in [6, 6.07) is 0. The van der Waals surface area contributed by atoms with Crippen LogP contribution in [0.1, 0.15) is 6.92 Å². The number of carbonyl (C=O) groups excluding carboxylic acids is 1. The predicted molar refractivity (Wildman–Crippen MR) is 39.9 cm³/mol. The van der Waals surface area contributed by atoms with Gasteiger partial charge in [0.25, 0.3) is 0 Å². The quantitative estimate of drug-likeness (QED) is 0.376. The number of rotatable bonds is 4. The van der Waals surface area contributed by atoms with Gasteiger partial charge >= 0.3 is 6.16 Å². The van der Waals surface area contributed by atoms with E-state index in [2.05, 4.69) is 11.3 Å². The van der Waals surface area contributed by atoms with Crippen LogP contribution in [0.25, 0.3) is 0 Å². The summed E-state index contributed by atoms with van der Waals surface area (Å²) in [7, 11) is 0. The van der Waals surface area contributed by atoms with E-state index in [0.29, 0.717) is 0 Å². The molecule has 5 heteroatoms. The van der Waals surface area contributed by atoms with Crippen molar-refractivity contribution < 1.29 is 24.5 Å². The van der Waals surface area contributed by atoms with Crippen molar-refractivity contribution in [1.82, 2.24) is 0 Å². The maximum atomic E-state index is 10.8. The lowest BCUT2D eigenvalue weighted by Crippen LogP contribution is -2.19. The molecule has 2 N–H and O–H groups in total. The minimum Gasteiger partial charge on any atom is -0.505 e. The van der Waals surface area contributed by atoms with Crippen LogP contribution in [0.2, 0.25) is 0 Å². The Bertz CT molecular complexity index is 208. The zero-order chi connectivity index (χ0) is 9.72. The van der Waals surface area contributed by atoms with Crippen molar-refractivity contribution in [3.8, 4) is 0 Å². The Morgan fingerprint density at radius 1 is 1.50 bits per heavy atom. The highest BCUT2D eigenvalue weighted by atomic mass is 16.7. The number of hydrogen-bond acceptors (Lipinski definition) is 4. The molecule has 0 spiro atoms. The summed E-state index contributed by atoms with van der Waals surface area (Å²) >= 11 is 0. The molecule has 68 valence electrons. The van der Waals surface area contributed by atoms with Gasteiger partial charge in [-0.05, 0) is 0 Å². The lowest BCUT2D eigenvalue weighted by atomic mass is 10.1. The fourth-order valence-electron chi connectivity index (χ4n) is 0.556. The summed E-state index contributed by atoms with van der Waals surface area (Å²) in [5.41, 5.74) is 0.